The molecule has 0 unspecified atom stereocenters. The van der Waals surface area contributed by atoms with Crippen molar-refractivity contribution in [2.45, 2.75) is 0 Å². The molecular formula is C60H40. The molecule has 0 spiro atoms. The Balaban J connectivity index is 1.12. The van der Waals surface area contributed by atoms with Crippen LogP contribution in [-0.2, 0) is 0 Å². The molecule has 0 bridgehead atoms. The van der Waals surface area contributed by atoms with E-state index in [1.807, 2.05) is 0 Å². The highest BCUT2D eigenvalue weighted by Gasteiger charge is 2.20. The maximum Gasteiger partial charge on any atom is -0.00141 e. The molecule has 0 amide bonds. The van der Waals surface area contributed by atoms with Gasteiger partial charge in [-0.25, -0.2) is 0 Å². The number of fused-ring (bicyclic) bond motifs is 5. The van der Waals surface area contributed by atoms with Gasteiger partial charge in [0.2, 0.25) is 0 Å². The van der Waals surface area contributed by atoms with Crippen molar-refractivity contribution < 1.29 is 0 Å². The highest BCUT2D eigenvalue weighted by Crippen LogP contribution is 2.47. The molecule has 0 aliphatic rings. The molecule has 11 aromatic carbocycles. The van der Waals surface area contributed by atoms with Gasteiger partial charge in [0.25, 0.3) is 0 Å². The summed E-state index contributed by atoms with van der Waals surface area (Å²) in [6.45, 7) is 0. The van der Waals surface area contributed by atoms with Gasteiger partial charge in [0, 0.05) is 0 Å². The lowest BCUT2D eigenvalue weighted by molar-refractivity contribution is 1.61. The van der Waals surface area contributed by atoms with Gasteiger partial charge in [-0.15, -0.1) is 0 Å². The maximum atomic E-state index is 2.36. The predicted octanol–water partition coefficient (Wildman–Crippen LogP) is 16.8. The average molecular weight is 761 g/mol. The van der Waals surface area contributed by atoms with E-state index in [9.17, 15) is 0 Å². The number of hydrogen-bond donors (Lipinski definition) is 0. The van der Waals surface area contributed by atoms with Crippen LogP contribution in [0, 0.1) is 0 Å². The van der Waals surface area contributed by atoms with Crippen molar-refractivity contribution in [3.63, 3.8) is 0 Å². The van der Waals surface area contributed by atoms with Crippen molar-refractivity contribution in [3.8, 4) is 33.4 Å². The monoisotopic (exact) mass is 760 g/mol. The summed E-state index contributed by atoms with van der Waals surface area (Å²) in [5.74, 6) is 0. The lowest BCUT2D eigenvalue weighted by Crippen LogP contribution is -1.94. The fourth-order valence-electron chi connectivity index (χ4n) is 9.20. The Bertz CT molecular complexity index is 3480. The van der Waals surface area contributed by atoms with Crippen molar-refractivity contribution >= 4 is 78.2 Å². The molecule has 0 radical (unpaired) electrons. The van der Waals surface area contributed by atoms with Crippen LogP contribution in [0.2, 0.25) is 0 Å². The van der Waals surface area contributed by atoms with Crippen LogP contribution >= 0.6 is 0 Å². The second-order valence-electron chi connectivity index (χ2n) is 15.6. The summed E-state index contributed by atoms with van der Waals surface area (Å²) in [6, 6.07) is 79.8. The van der Waals surface area contributed by atoms with E-state index in [-0.39, 0.29) is 0 Å². The third kappa shape index (κ3) is 6.46. The highest BCUT2D eigenvalue weighted by molar-refractivity contribution is 6.25. The first-order valence-corrected chi connectivity index (χ1v) is 20.7. The lowest BCUT2D eigenvalue weighted by Gasteiger charge is -2.21. The maximum absolute atomic E-state index is 2.36. The van der Waals surface area contributed by atoms with Gasteiger partial charge < -0.3 is 0 Å². The Morgan fingerprint density at radius 3 is 1.35 bits per heavy atom. The molecule has 11 rings (SSSR count). The zero-order valence-electron chi connectivity index (χ0n) is 33.1. The van der Waals surface area contributed by atoms with Crippen molar-refractivity contribution in [3.05, 3.63) is 241 Å². The van der Waals surface area contributed by atoms with E-state index in [1.54, 1.807) is 0 Å². The van der Waals surface area contributed by atoms with E-state index >= 15 is 0 Å². The minimum atomic E-state index is 1.16. The van der Waals surface area contributed by atoms with Gasteiger partial charge in [-0.2, -0.15) is 0 Å². The zero-order valence-corrected chi connectivity index (χ0v) is 33.1. The van der Waals surface area contributed by atoms with Crippen molar-refractivity contribution in [2.75, 3.05) is 0 Å². The quantitative estimate of drug-likeness (QED) is 0.112. The molecule has 0 heteroatoms. The summed E-state index contributed by atoms with van der Waals surface area (Å²) in [5.41, 5.74) is 12.1. The topological polar surface area (TPSA) is 0 Å². The third-order valence-electron chi connectivity index (χ3n) is 12.0. The molecule has 60 heavy (non-hydrogen) atoms. The standard InChI is InChI=1S/C60H40/c1-2-19-48-40-49(37-36-43(48)16-1)54-30-13-31-57-58(50-24-9-14-41(38-50)32-34-46-22-11-20-44-17-3-5-26-52(44)46)55-28-7-8-29-56(55)59(60(54)57)51-25-10-15-42(39-51)33-35-47-23-12-21-45-18-4-6-27-53(45)47/h1-40H/b34-32+,35-33+. The summed E-state index contributed by atoms with van der Waals surface area (Å²) in [5, 5.41) is 12.5. The fraction of sp³-hybridized carbons (Fsp3) is 0. The second kappa shape index (κ2) is 15.2. The molecule has 0 saturated carbocycles. The molecule has 0 atom stereocenters. The van der Waals surface area contributed by atoms with Crippen molar-refractivity contribution in [1.82, 2.24) is 0 Å². The first-order valence-electron chi connectivity index (χ1n) is 20.7. The zero-order chi connectivity index (χ0) is 39.8. The predicted molar refractivity (Wildman–Crippen MR) is 261 cm³/mol. The van der Waals surface area contributed by atoms with Gasteiger partial charge in [-0.1, -0.05) is 224 Å². The summed E-state index contributed by atoms with van der Waals surface area (Å²) >= 11 is 0. The van der Waals surface area contributed by atoms with Crippen LogP contribution in [0.1, 0.15) is 22.3 Å². The average Bonchev–Trinajstić information content (AvgIpc) is 3.31. The summed E-state index contributed by atoms with van der Waals surface area (Å²) in [7, 11) is 0. The second-order valence-corrected chi connectivity index (χ2v) is 15.6. The Morgan fingerprint density at radius 1 is 0.250 bits per heavy atom. The molecule has 0 fully saturated rings. The van der Waals surface area contributed by atoms with Gasteiger partial charge in [-0.05, 0) is 128 Å². The number of rotatable bonds is 7. The van der Waals surface area contributed by atoms with Gasteiger partial charge in [-0.3, -0.25) is 0 Å². The summed E-state index contributed by atoms with van der Waals surface area (Å²) < 4.78 is 0. The van der Waals surface area contributed by atoms with E-state index in [4.69, 9.17) is 0 Å². The van der Waals surface area contributed by atoms with Crippen LogP contribution < -0.4 is 0 Å². The first-order chi connectivity index (χ1) is 29.7. The largest absolute Gasteiger partial charge is 0.0616 e. The van der Waals surface area contributed by atoms with E-state index < -0.39 is 0 Å². The Hall–Kier alpha value is -7.80. The number of benzene rings is 11. The van der Waals surface area contributed by atoms with E-state index in [2.05, 4.69) is 243 Å². The van der Waals surface area contributed by atoms with Crippen LogP contribution in [0.15, 0.2) is 218 Å². The molecule has 0 aliphatic carbocycles. The molecule has 0 saturated heterocycles. The number of hydrogen-bond acceptors (Lipinski definition) is 0. The summed E-state index contributed by atoms with van der Waals surface area (Å²) in [4.78, 5) is 0. The molecule has 0 aromatic heterocycles. The first kappa shape index (κ1) is 35.4. The van der Waals surface area contributed by atoms with Crippen LogP contribution in [0.25, 0.3) is 112 Å². The van der Waals surface area contributed by atoms with Crippen LogP contribution in [0.3, 0.4) is 0 Å². The minimum absolute atomic E-state index is 1.16. The SMILES string of the molecule is C(=C\c1cccc2ccccc12)/c1cccc(-c2c3ccccc3c(-c3cccc(/C=C/c4cccc5ccccc45)c3)c3c(-c4ccc5ccccc5c4)cccc23)c1. The van der Waals surface area contributed by atoms with Gasteiger partial charge in [0.15, 0.2) is 0 Å². The highest BCUT2D eigenvalue weighted by atomic mass is 14.2. The van der Waals surface area contributed by atoms with Crippen molar-refractivity contribution in [1.29, 1.82) is 0 Å². The molecule has 0 heterocycles. The molecule has 11 aromatic rings. The molecule has 0 aliphatic heterocycles. The Labute approximate surface area is 350 Å². The fourth-order valence-corrected chi connectivity index (χ4v) is 9.20. The van der Waals surface area contributed by atoms with Crippen LogP contribution in [0.4, 0.5) is 0 Å². The smallest absolute Gasteiger partial charge is 0.00141 e. The van der Waals surface area contributed by atoms with Gasteiger partial charge in [0.1, 0.15) is 0 Å². The molecular weight excluding hydrogens is 721 g/mol. The van der Waals surface area contributed by atoms with E-state index in [1.165, 1.54) is 98.4 Å². The van der Waals surface area contributed by atoms with Gasteiger partial charge >= 0.3 is 0 Å². The Morgan fingerprint density at radius 2 is 0.717 bits per heavy atom. The molecule has 280 valence electrons. The van der Waals surface area contributed by atoms with Crippen molar-refractivity contribution in [2.24, 2.45) is 0 Å². The van der Waals surface area contributed by atoms with Crippen LogP contribution in [-0.4, -0.2) is 0 Å². The lowest BCUT2D eigenvalue weighted by atomic mass is 9.82. The molecule has 0 N–H and O–H groups in total. The summed E-state index contributed by atoms with van der Waals surface area (Å²) in [6.07, 6.45) is 9.01. The van der Waals surface area contributed by atoms with E-state index in [0.717, 1.165) is 11.1 Å². The normalized spacial score (nSPS) is 11.9. The minimum Gasteiger partial charge on any atom is -0.0616 e. The molecule has 0 nitrogen and oxygen atoms in total. The van der Waals surface area contributed by atoms with Crippen LogP contribution in [0.5, 0.6) is 0 Å². The van der Waals surface area contributed by atoms with E-state index in [0.29, 0.717) is 0 Å². The Kier molecular flexibility index (Phi) is 8.95. The third-order valence-corrected chi connectivity index (χ3v) is 12.0. The van der Waals surface area contributed by atoms with Gasteiger partial charge in [0.05, 0.1) is 0 Å².